The second-order valence-corrected chi connectivity index (χ2v) is 9.50. The van der Waals surface area contributed by atoms with Gasteiger partial charge in [0.2, 0.25) is 5.88 Å². The third-order valence-corrected chi connectivity index (χ3v) is 7.29. The maximum Gasteiger partial charge on any atom is 0.318 e. The van der Waals surface area contributed by atoms with Crippen LogP contribution in [-0.2, 0) is 6.42 Å². The third-order valence-electron chi connectivity index (χ3n) is 7.29. The number of rotatable bonds is 5. The highest BCUT2D eigenvalue weighted by Gasteiger charge is 2.31. The molecule has 3 N–H and O–H groups in total. The minimum absolute atomic E-state index is 0.0520. The van der Waals surface area contributed by atoms with Gasteiger partial charge in [0.05, 0.1) is 19.7 Å². The summed E-state index contributed by atoms with van der Waals surface area (Å²) in [5, 5.41) is 11.8. The SMILES string of the molecule is CCc1c(F)ccc2cc(O)cc(-c3nc4c5c(nc(OC)nc5c3F)N(C(C)c3cccnc3N)CCO4)c12. The summed E-state index contributed by atoms with van der Waals surface area (Å²) in [5.74, 6) is -0.472. The Bertz CT molecular complexity index is 1800. The van der Waals surface area contributed by atoms with E-state index in [1.54, 1.807) is 18.3 Å². The topological polar surface area (TPSA) is 120 Å². The number of phenolic OH excluding ortho intramolecular Hbond substituents is 1. The summed E-state index contributed by atoms with van der Waals surface area (Å²) in [4.78, 5) is 19.6. The molecule has 0 saturated carbocycles. The van der Waals surface area contributed by atoms with Gasteiger partial charge in [-0.2, -0.15) is 9.97 Å². The Morgan fingerprint density at radius 3 is 2.73 bits per heavy atom. The van der Waals surface area contributed by atoms with Gasteiger partial charge in [0.15, 0.2) is 5.82 Å². The number of fused-ring (bicyclic) bond motifs is 1. The van der Waals surface area contributed by atoms with E-state index in [-0.39, 0.29) is 52.4 Å². The van der Waals surface area contributed by atoms with E-state index in [2.05, 4.69) is 19.9 Å². The van der Waals surface area contributed by atoms with Crippen LogP contribution in [0.15, 0.2) is 42.6 Å². The van der Waals surface area contributed by atoms with Crippen LogP contribution in [-0.4, -0.2) is 45.3 Å². The molecule has 3 aromatic heterocycles. The first-order chi connectivity index (χ1) is 19.3. The van der Waals surface area contributed by atoms with E-state index >= 15 is 4.39 Å². The molecule has 0 amide bonds. The predicted molar refractivity (Wildman–Crippen MR) is 148 cm³/mol. The number of benzene rings is 2. The Morgan fingerprint density at radius 2 is 1.98 bits per heavy atom. The number of methoxy groups -OCH3 is 1. The first-order valence-corrected chi connectivity index (χ1v) is 12.8. The third kappa shape index (κ3) is 3.96. The maximum absolute atomic E-state index is 16.5. The van der Waals surface area contributed by atoms with Crippen molar-refractivity contribution in [3.8, 4) is 28.9 Å². The Hall–Kier alpha value is -4.80. The Morgan fingerprint density at radius 1 is 1.15 bits per heavy atom. The molecule has 1 aliphatic heterocycles. The molecule has 11 heteroatoms. The number of nitrogens with zero attached hydrogens (tertiary/aromatic N) is 5. The molecular formula is C29H26F2N6O3. The standard InChI is InChI=1S/C29H26F2N6O3/c1-4-17-20(30)8-7-15-12-16(38)13-19(21(15)17)24-23(31)25-22-27(36-29(35-25)39-3)37(10-11-40-28(22)34-24)14(2)18-6-5-9-33-26(18)32/h5-9,12-14,38H,4,10-11H2,1-3H3,(H2,32,33). The molecular weight excluding hydrogens is 518 g/mol. The molecule has 1 aliphatic rings. The van der Waals surface area contributed by atoms with Crippen molar-refractivity contribution in [1.29, 1.82) is 0 Å². The summed E-state index contributed by atoms with van der Waals surface area (Å²) in [7, 11) is 1.40. The van der Waals surface area contributed by atoms with Gasteiger partial charge in [-0.1, -0.05) is 19.1 Å². The van der Waals surface area contributed by atoms with E-state index in [0.717, 1.165) is 5.56 Å². The zero-order valence-electron chi connectivity index (χ0n) is 22.1. The first kappa shape index (κ1) is 25.5. The fraction of sp³-hybridized carbons (Fsp3) is 0.241. The summed E-state index contributed by atoms with van der Waals surface area (Å²) in [5.41, 5.74) is 7.34. The maximum atomic E-state index is 16.5. The number of aromatic hydroxyl groups is 1. The largest absolute Gasteiger partial charge is 0.508 e. The van der Waals surface area contributed by atoms with Gasteiger partial charge >= 0.3 is 6.01 Å². The van der Waals surface area contributed by atoms with Crippen molar-refractivity contribution >= 4 is 33.3 Å². The molecule has 1 atom stereocenters. The van der Waals surface area contributed by atoms with Crippen LogP contribution in [0.3, 0.4) is 0 Å². The number of nitrogen functional groups attached to an aromatic ring is 1. The van der Waals surface area contributed by atoms with Crippen LogP contribution < -0.4 is 20.1 Å². The normalized spacial score (nSPS) is 13.8. The summed E-state index contributed by atoms with van der Waals surface area (Å²) < 4.78 is 42.8. The summed E-state index contributed by atoms with van der Waals surface area (Å²) in [6.45, 7) is 4.33. The van der Waals surface area contributed by atoms with Crippen molar-refractivity contribution in [1.82, 2.24) is 19.9 Å². The van der Waals surface area contributed by atoms with Crippen LogP contribution in [0.4, 0.5) is 20.4 Å². The van der Waals surface area contributed by atoms with E-state index in [9.17, 15) is 9.50 Å². The number of aryl methyl sites for hydroxylation is 1. The van der Waals surface area contributed by atoms with Crippen molar-refractivity contribution < 1.29 is 23.4 Å². The van der Waals surface area contributed by atoms with Crippen LogP contribution in [0, 0.1) is 11.6 Å². The molecule has 0 bridgehead atoms. The molecule has 204 valence electrons. The molecule has 2 aromatic carbocycles. The zero-order valence-corrected chi connectivity index (χ0v) is 22.1. The second kappa shape index (κ2) is 9.74. The minimum Gasteiger partial charge on any atom is -0.508 e. The Labute approximate surface area is 228 Å². The van der Waals surface area contributed by atoms with E-state index < -0.39 is 11.6 Å². The van der Waals surface area contributed by atoms with Gasteiger partial charge in [-0.25, -0.2) is 18.7 Å². The predicted octanol–water partition coefficient (Wildman–Crippen LogP) is 5.34. The molecule has 9 nitrogen and oxygen atoms in total. The monoisotopic (exact) mass is 544 g/mol. The van der Waals surface area contributed by atoms with Gasteiger partial charge in [0.25, 0.3) is 0 Å². The lowest BCUT2D eigenvalue weighted by Gasteiger charge is -2.30. The van der Waals surface area contributed by atoms with Gasteiger partial charge in [-0.3, -0.25) is 0 Å². The van der Waals surface area contributed by atoms with Crippen molar-refractivity contribution in [2.45, 2.75) is 26.3 Å². The highest BCUT2D eigenvalue weighted by molar-refractivity contribution is 6.03. The molecule has 1 unspecified atom stereocenters. The molecule has 5 aromatic rings. The van der Waals surface area contributed by atoms with Gasteiger partial charge in [-0.15, -0.1) is 0 Å². The highest BCUT2D eigenvalue weighted by atomic mass is 19.1. The lowest BCUT2D eigenvalue weighted by Crippen LogP contribution is -2.31. The van der Waals surface area contributed by atoms with E-state index in [1.165, 1.54) is 25.3 Å². The number of aromatic nitrogens is 4. The molecule has 0 spiro atoms. The number of anilines is 2. The fourth-order valence-corrected chi connectivity index (χ4v) is 5.39. The zero-order chi connectivity index (χ0) is 28.1. The summed E-state index contributed by atoms with van der Waals surface area (Å²) >= 11 is 0. The van der Waals surface area contributed by atoms with Crippen LogP contribution in [0.1, 0.15) is 31.0 Å². The van der Waals surface area contributed by atoms with Crippen LogP contribution >= 0.6 is 0 Å². The van der Waals surface area contributed by atoms with Crippen molar-refractivity contribution in [3.05, 3.63) is 65.4 Å². The van der Waals surface area contributed by atoms with Crippen molar-refractivity contribution in [2.75, 3.05) is 30.9 Å². The van der Waals surface area contributed by atoms with Crippen molar-refractivity contribution in [3.63, 3.8) is 0 Å². The lowest BCUT2D eigenvalue weighted by molar-refractivity contribution is 0.316. The van der Waals surface area contributed by atoms with E-state index in [1.807, 2.05) is 24.8 Å². The smallest absolute Gasteiger partial charge is 0.318 e. The average molecular weight is 545 g/mol. The summed E-state index contributed by atoms with van der Waals surface area (Å²) in [6.07, 6.45) is 1.96. The van der Waals surface area contributed by atoms with Gasteiger partial charge in [0.1, 0.15) is 46.4 Å². The van der Waals surface area contributed by atoms with Crippen LogP contribution in [0.25, 0.3) is 32.9 Å². The van der Waals surface area contributed by atoms with Gasteiger partial charge in [0, 0.05) is 17.3 Å². The van der Waals surface area contributed by atoms with E-state index in [4.69, 9.17) is 15.2 Å². The molecule has 40 heavy (non-hydrogen) atoms. The number of hydrogen-bond acceptors (Lipinski definition) is 9. The van der Waals surface area contributed by atoms with E-state index in [0.29, 0.717) is 40.9 Å². The van der Waals surface area contributed by atoms with Crippen LogP contribution in [0.2, 0.25) is 0 Å². The Balaban J connectivity index is 1.65. The molecule has 0 radical (unpaired) electrons. The lowest BCUT2D eigenvalue weighted by atomic mass is 9.94. The number of phenols is 1. The molecule has 0 fully saturated rings. The fourth-order valence-electron chi connectivity index (χ4n) is 5.39. The highest BCUT2D eigenvalue weighted by Crippen LogP contribution is 2.44. The molecule has 4 heterocycles. The number of halogens is 2. The number of nitrogens with two attached hydrogens (primary N) is 1. The summed E-state index contributed by atoms with van der Waals surface area (Å²) in [6, 6.07) is 9.07. The minimum atomic E-state index is -0.780. The number of ether oxygens (including phenoxy) is 2. The Kier molecular flexibility index (Phi) is 6.21. The average Bonchev–Trinajstić information content (AvgIpc) is 3.14. The molecule has 0 saturated heterocycles. The quantitative estimate of drug-likeness (QED) is 0.302. The number of hydrogen-bond donors (Lipinski definition) is 2. The van der Waals surface area contributed by atoms with Crippen LogP contribution in [0.5, 0.6) is 17.6 Å². The molecule has 0 aliphatic carbocycles. The van der Waals surface area contributed by atoms with Gasteiger partial charge < -0.3 is 25.2 Å². The van der Waals surface area contributed by atoms with Crippen molar-refractivity contribution in [2.24, 2.45) is 0 Å². The number of pyridine rings is 2. The van der Waals surface area contributed by atoms with Gasteiger partial charge in [-0.05, 0) is 53.9 Å². The first-order valence-electron chi connectivity index (χ1n) is 12.8. The molecule has 6 rings (SSSR count). The second-order valence-electron chi connectivity index (χ2n) is 9.50.